The molecule has 0 saturated heterocycles. The van der Waals surface area contributed by atoms with Gasteiger partial charge in [0, 0.05) is 19.4 Å². The van der Waals surface area contributed by atoms with E-state index in [1.54, 1.807) is 19.4 Å². The topological polar surface area (TPSA) is 101 Å². The van der Waals surface area contributed by atoms with Crippen LogP contribution in [0.25, 0.3) is 10.9 Å². The lowest BCUT2D eigenvalue weighted by Crippen LogP contribution is -2.31. The quantitative estimate of drug-likeness (QED) is 0.566. The molecular weight excluding hydrogens is 334 g/mol. The number of nitrogens with one attached hydrogen (secondary N) is 3. The number of pyridine rings is 1. The molecule has 8 heteroatoms. The van der Waals surface area contributed by atoms with E-state index in [-0.39, 0.29) is 12.1 Å². The Hall–Kier alpha value is -3.13. The molecule has 1 unspecified atom stereocenters. The van der Waals surface area contributed by atoms with Gasteiger partial charge in [-0.15, -0.1) is 5.10 Å². The monoisotopic (exact) mass is 355 g/mol. The number of urea groups is 1. The van der Waals surface area contributed by atoms with E-state index >= 15 is 0 Å². The third kappa shape index (κ3) is 4.28. The second kappa shape index (κ2) is 8.30. The van der Waals surface area contributed by atoms with Crippen molar-refractivity contribution in [1.29, 1.82) is 0 Å². The summed E-state index contributed by atoms with van der Waals surface area (Å²) in [5, 5.41) is 13.3. The van der Waals surface area contributed by atoms with Crippen molar-refractivity contribution in [2.45, 2.75) is 13.0 Å². The van der Waals surface area contributed by atoms with E-state index in [1.807, 2.05) is 37.3 Å². The van der Waals surface area contributed by atoms with Crippen molar-refractivity contribution in [2.24, 2.45) is 0 Å². The number of rotatable bonds is 7. The van der Waals surface area contributed by atoms with Crippen molar-refractivity contribution in [2.75, 3.05) is 25.6 Å². The molecule has 0 aliphatic heterocycles. The number of aromatic nitrogens is 3. The van der Waals surface area contributed by atoms with Gasteiger partial charge in [0.1, 0.15) is 12.4 Å². The molecule has 2 heterocycles. The van der Waals surface area contributed by atoms with Crippen molar-refractivity contribution in [3.8, 4) is 5.88 Å². The lowest BCUT2D eigenvalue weighted by atomic mass is 10.1. The normalized spacial score (nSPS) is 11.9. The first-order valence-electron chi connectivity index (χ1n) is 8.25. The first-order chi connectivity index (χ1) is 12.7. The molecule has 0 spiro atoms. The second-order valence-corrected chi connectivity index (χ2v) is 5.72. The number of fused-ring (bicyclic) bond motifs is 1. The first-order valence-corrected chi connectivity index (χ1v) is 8.25. The number of aromatic amines is 1. The third-order valence-electron chi connectivity index (χ3n) is 3.83. The number of ether oxygens (including phenoxy) is 2. The number of benzene rings is 1. The van der Waals surface area contributed by atoms with Gasteiger partial charge in [0.15, 0.2) is 0 Å². The minimum atomic E-state index is -0.329. The number of carbonyl (C=O) groups excluding carboxylic acids is 1. The van der Waals surface area contributed by atoms with Gasteiger partial charge in [-0.05, 0) is 12.5 Å². The number of hydrogen-bond acceptors (Lipinski definition) is 5. The van der Waals surface area contributed by atoms with E-state index in [4.69, 9.17) is 9.47 Å². The van der Waals surface area contributed by atoms with Crippen LogP contribution in [0.15, 0.2) is 42.6 Å². The van der Waals surface area contributed by atoms with E-state index < -0.39 is 0 Å². The zero-order valence-corrected chi connectivity index (χ0v) is 14.7. The molecular formula is C18H21N5O3. The van der Waals surface area contributed by atoms with Gasteiger partial charge in [-0.3, -0.25) is 10.4 Å². The number of H-pyrrole nitrogens is 1. The molecule has 3 N–H and O–H groups in total. The predicted octanol–water partition coefficient (Wildman–Crippen LogP) is 2.87. The molecule has 2 aromatic heterocycles. The van der Waals surface area contributed by atoms with Crippen LogP contribution in [0.5, 0.6) is 5.88 Å². The van der Waals surface area contributed by atoms with Gasteiger partial charge in [0.25, 0.3) is 0 Å². The Balaban J connectivity index is 1.62. The summed E-state index contributed by atoms with van der Waals surface area (Å²) in [5.74, 6) is 0.876. The Kier molecular flexibility index (Phi) is 5.65. The summed E-state index contributed by atoms with van der Waals surface area (Å²) in [4.78, 5) is 16.4. The van der Waals surface area contributed by atoms with E-state index in [2.05, 4.69) is 25.8 Å². The average Bonchev–Trinajstić information content (AvgIpc) is 3.05. The number of anilines is 1. The molecule has 0 fully saturated rings. The van der Waals surface area contributed by atoms with Crippen LogP contribution in [0.3, 0.4) is 0 Å². The SMILES string of the molecule is COCCOc1n[nH]c2cc(NC(=O)NC(C)c3ccccc3)ncc12. The van der Waals surface area contributed by atoms with Crippen LogP contribution in [-0.4, -0.2) is 41.5 Å². The molecule has 0 aliphatic carbocycles. The molecule has 1 atom stereocenters. The van der Waals surface area contributed by atoms with Gasteiger partial charge in [-0.2, -0.15) is 0 Å². The highest BCUT2D eigenvalue weighted by Crippen LogP contribution is 2.23. The van der Waals surface area contributed by atoms with Crippen LogP contribution < -0.4 is 15.4 Å². The molecule has 0 radical (unpaired) electrons. The van der Waals surface area contributed by atoms with Gasteiger partial charge >= 0.3 is 6.03 Å². The van der Waals surface area contributed by atoms with Crippen LogP contribution in [0.4, 0.5) is 10.6 Å². The van der Waals surface area contributed by atoms with Crippen LogP contribution in [-0.2, 0) is 4.74 Å². The minimum Gasteiger partial charge on any atom is -0.474 e. The zero-order chi connectivity index (χ0) is 18.4. The number of hydrogen-bond donors (Lipinski definition) is 3. The molecule has 0 aliphatic rings. The summed E-state index contributed by atoms with van der Waals surface area (Å²) in [5.41, 5.74) is 1.75. The minimum absolute atomic E-state index is 0.118. The molecule has 3 aromatic rings. The summed E-state index contributed by atoms with van der Waals surface area (Å²) in [6.45, 7) is 2.79. The number of amides is 2. The van der Waals surface area contributed by atoms with Crippen molar-refractivity contribution in [1.82, 2.24) is 20.5 Å². The molecule has 3 rings (SSSR count). The van der Waals surface area contributed by atoms with Crippen molar-refractivity contribution < 1.29 is 14.3 Å². The van der Waals surface area contributed by atoms with Crippen molar-refractivity contribution in [3.05, 3.63) is 48.2 Å². The van der Waals surface area contributed by atoms with Crippen molar-refractivity contribution in [3.63, 3.8) is 0 Å². The van der Waals surface area contributed by atoms with E-state index in [0.717, 1.165) is 16.5 Å². The lowest BCUT2D eigenvalue weighted by Gasteiger charge is -2.14. The molecule has 1 aromatic carbocycles. The second-order valence-electron chi connectivity index (χ2n) is 5.72. The third-order valence-corrected chi connectivity index (χ3v) is 3.83. The highest BCUT2D eigenvalue weighted by atomic mass is 16.5. The standard InChI is InChI=1S/C18H21N5O3/c1-12(13-6-4-3-5-7-13)20-18(24)21-16-10-15-14(11-19-16)17(23-22-15)26-9-8-25-2/h3-7,10-12H,8-9H2,1-2H3,(H,22,23)(H2,19,20,21,24). The summed E-state index contributed by atoms with van der Waals surface area (Å²) in [6.07, 6.45) is 1.61. The van der Waals surface area contributed by atoms with E-state index in [9.17, 15) is 4.79 Å². The molecule has 0 saturated carbocycles. The molecule has 136 valence electrons. The Morgan fingerprint density at radius 2 is 2.08 bits per heavy atom. The largest absolute Gasteiger partial charge is 0.474 e. The Morgan fingerprint density at radius 3 is 2.85 bits per heavy atom. The van der Waals surface area contributed by atoms with Crippen LogP contribution in [0.2, 0.25) is 0 Å². The van der Waals surface area contributed by atoms with E-state index in [1.165, 1.54) is 0 Å². The number of carbonyl (C=O) groups is 1. The van der Waals surface area contributed by atoms with Gasteiger partial charge < -0.3 is 14.8 Å². The fourth-order valence-corrected chi connectivity index (χ4v) is 2.46. The molecule has 2 amide bonds. The maximum absolute atomic E-state index is 12.2. The smallest absolute Gasteiger partial charge is 0.320 e. The van der Waals surface area contributed by atoms with Crippen LogP contribution in [0.1, 0.15) is 18.5 Å². The molecule has 26 heavy (non-hydrogen) atoms. The van der Waals surface area contributed by atoms with Crippen molar-refractivity contribution >= 4 is 22.8 Å². The summed E-state index contributed by atoms with van der Waals surface area (Å²) >= 11 is 0. The van der Waals surface area contributed by atoms with Gasteiger partial charge in [0.2, 0.25) is 5.88 Å². The highest BCUT2D eigenvalue weighted by molar-refractivity contribution is 5.92. The fourth-order valence-electron chi connectivity index (χ4n) is 2.46. The van der Waals surface area contributed by atoms with E-state index in [0.29, 0.717) is 24.9 Å². The average molecular weight is 355 g/mol. The molecule has 8 nitrogen and oxygen atoms in total. The van der Waals surface area contributed by atoms with Gasteiger partial charge in [-0.1, -0.05) is 30.3 Å². The Morgan fingerprint density at radius 1 is 1.27 bits per heavy atom. The van der Waals surface area contributed by atoms with Gasteiger partial charge in [0.05, 0.1) is 23.6 Å². The maximum Gasteiger partial charge on any atom is 0.320 e. The summed E-state index contributed by atoms with van der Waals surface area (Å²) < 4.78 is 10.5. The van der Waals surface area contributed by atoms with Crippen LogP contribution >= 0.6 is 0 Å². The summed E-state index contributed by atoms with van der Waals surface area (Å²) in [7, 11) is 1.61. The maximum atomic E-state index is 12.2. The summed E-state index contributed by atoms with van der Waals surface area (Å²) in [6, 6.07) is 11.0. The fraction of sp³-hybridized carbons (Fsp3) is 0.278. The van der Waals surface area contributed by atoms with Crippen LogP contribution in [0, 0.1) is 0 Å². The highest BCUT2D eigenvalue weighted by Gasteiger charge is 2.12. The first kappa shape index (κ1) is 17.7. The Labute approximate surface area is 150 Å². The zero-order valence-electron chi connectivity index (χ0n) is 14.7. The Bertz CT molecular complexity index is 866. The van der Waals surface area contributed by atoms with Gasteiger partial charge in [-0.25, -0.2) is 9.78 Å². The predicted molar refractivity (Wildman–Crippen MR) is 98.3 cm³/mol. The number of nitrogens with zero attached hydrogens (tertiary/aromatic N) is 2. The molecule has 0 bridgehead atoms. The number of methoxy groups -OCH3 is 1. The lowest BCUT2D eigenvalue weighted by molar-refractivity contribution is 0.144.